The van der Waals surface area contributed by atoms with Crippen LogP contribution in [0, 0.1) is 17.3 Å². The van der Waals surface area contributed by atoms with E-state index in [0.29, 0.717) is 0 Å². The third-order valence-electron chi connectivity index (χ3n) is 3.77. The Hall–Kier alpha value is -1.31. The van der Waals surface area contributed by atoms with Crippen LogP contribution in [0.25, 0.3) is 0 Å². The van der Waals surface area contributed by atoms with Crippen molar-refractivity contribution in [3.8, 4) is 0 Å². The zero-order valence-corrected chi connectivity index (χ0v) is 15.5. The molecule has 0 aromatic rings. The highest BCUT2D eigenvalue weighted by Gasteiger charge is 2.35. The van der Waals surface area contributed by atoms with E-state index in [-0.39, 0.29) is 16.8 Å². The molecule has 0 unspecified atom stereocenters. The number of hydrogen-bond acceptors (Lipinski definition) is 2. The van der Waals surface area contributed by atoms with Crippen molar-refractivity contribution < 1.29 is 9.53 Å². The maximum absolute atomic E-state index is 11.7. The molecule has 1 aliphatic carbocycles. The van der Waals surface area contributed by atoms with Gasteiger partial charge in [0.15, 0.2) is 0 Å². The smallest absolute Gasteiger partial charge is 0.308 e. The van der Waals surface area contributed by atoms with Crippen LogP contribution in [0.2, 0.25) is 0 Å². The highest BCUT2D eigenvalue weighted by molar-refractivity contribution is 5.69. The second-order valence-electron chi connectivity index (χ2n) is 8.34. The summed E-state index contributed by atoms with van der Waals surface area (Å²) in [6, 6.07) is 0. The molecule has 0 atom stereocenters. The van der Waals surface area contributed by atoms with E-state index in [2.05, 4.69) is 54.5 Å². The van der Waals surface area contributed by atoms with E-state index in [1.54, 1.807) is 0 Å². The molecule has 0 saturated carbocycles. The summed E-state index contributed by atoms with van der Waals surface area (Å²) in [6.45, 7) is 20.6. The molecule has 2 nitrogen and oxygen atoms in total. The summed E-state index contributed by atoms with van der Waals surface area (Å²) in [4.78, 5) is 11.7. The average Bonchev–Trinajstić information content (AvgIpc) is 2.23. The molecule has 0 amide bonds. The molecule has 0 spiro atoms. The molecule has 2 heteroatoms. The summed E-state index contributed by atoms with van der Waals surface area (Å²) >= 11 is 0. The highest BCUT2D eigenvalue weighted by Crippen LogP contribution is 2.47. The Kier molecular flexibility index (Phi) is 5.48. The number of esters is 1. The first-order valence-corrected chi connectivity index (χ1v) is 7.97. The molecule has 123 valence electrons. The lowest BCUT2D eigenvalue weighted by Gasteiger charge is -2.37. The Morgan fingerprint density at radius 3 is 2.05 bits per heavy atom. The van der Waals surface area contributed by atoms with Gasteiger partial charge in [0.2, 0.25) is 0 Å². The molecule has 0 fully saturated rings. The number of hydrogen-bond donors (Lipinski definition) is 0. The van der Waals surface area contributed by atoms with E-state index in [9.17, 15) is 4.79 Å². The normalized spacial score (nSPS) is 16.9. The summed E-state index contributed by atoms with van der Waals surface area (Å²) in [6.07, 6.45) is 3.94. The van der Waals surface area contributed by atoms with Crippen molar-refractivity contribution in [3.63, 3.8) is 0 Å². The summed E-state index contributed by atoms with van der Waals surface area (Å²) in [5, 5.41) is 0. The number of carbonyl (C=O) groups is 1. The number of ether oxygens (including phenoxy) is 1. The van der Waals surface area contributed by atoms with Gasteiger partial charge in [-0.25, -0.2) is 0 Å². The van der Waals surface area contributed by atoms with Crippen LogP contribution in [-0.4, -0.2) is 5.97 Å². The average molecular weight is 303 g/mol. The summed E-state index contributed by atoms with van der Waals surface area (Å²) in [5.74, 6) is 0.529. The lowest BCUT2D eigenvalue weighted by Crippen LogP contribution is -2.26. The van der Waals surface area contributed by atoms with Crippen molar-refractivity contribution in [1.29, 1.82) is 0 Å². The minimum atomic E-state index is -0.255. The molecule has 1 radical (unpaired) electrons. The van der Waals surface area contributed by atoms with E-state index < -0.39 is 0 Å². The Morgan fingerprint density at radius 1 is 1.14 bits per heavy atom. The molecule has 0 bridgehead atoms. The third-order valence-corrected chi connectivity index (χ3v) is 3.77. The molecule has 0 aliphatic heterocycles. The zero-order valence-electron chi connectivity index (χ0n) is 15.5. The lowest BCUT2D eigenvalue weighted by atomic mass is 9.70. The van der Waals surface area contributed by atoms with Gasteiger partial charge in [-0.15, -0.1) is 0 Å². The fourth-order valence-electron chi connectivity index (χ4n) is 2.93. The Labute approximate surface area is 136 Å². The first-order chi connectivity index (χ1) is 9.84. The highest BCUT2D eigenvalue weighted by atomic mass is 16.5. The van der Waals surface area contributed by atoms with Crippen LogP contribution in [0.5, 0.6) is 0 Å². The van der Waals surface area contributed by atoms with Gasteiger partial charge in [-0.2, -0.15) is 0 Å². The Balaban J connectivity index is 3.60. The van der Waals surface area contributed by atoms with Crippen LogP contribution >= 0.6 is 0 Å². The van der Waals surface area contributed by atoms with Crippen molar-refractivity contribution in [2.24, 2.45) is 10.8 Å². The van der Waals surface area contributed by atoms with Gasteiger partial charge in [0, 0.05) is 12.5 Å². The first kappa shape index (κ1) is 18.7. The number of carbonyl (C=O) groups excluding carboxylic acids is 1. The Bertz CT molecular complexity index is 531. The molecule has 1 aliphatic rings. The predicted octanol–water partition coefficient (Wildman–Crippen LogP) is 5.77. The standard InChI is InChI=1S/C20H31O2/c1-13(2)12-15-10-11-16(19(4,5)6)18(22-14(3)21)17(15)20(7,8)9/h10H,1,11-12H2,2-9H3. The molecule has 22 heavy (non-hydrogen) atoms. The second-order valence-corrected chi connectivity index (χ2v) is 8.34. The number of allylic oxidation sites excluding steroid dienone is 4. The quantitative estimate of drug-likeness (QED) is 0.489. The zero-order chi connectivity index (χ0) is 17.3. The van der Waals surface area contributed by atoms with Gasteiger partial charge >= 0.3 is 5.97 Å². The van der Waals surface area contributed by atoms with Gasteiger partial charge in [-0.05, 0) is 42.6 Å². The molecular formula is C20H31O2. The van der Waals surface area contributed by atoms with Crippen molar-refractivity contribution in [3.05, 3.63) is 41.1 Å². The molecule has 0 heterocycles. The molecule has 0 aromatic heterocycles. The lowest BCUT2D eigenvalue weighted by molar-refractivity contribution is -0.136. The molecule has 0 N–H and O–H groups in total. The third kappa shape index (κ3) is 4.59. The molecule has 0 aromatic carbocycles. The summed E-state index contributed by atoms with van der Waals surface area (Å²) in [7, 11) is 0. The van der Waals surface area contributed by atoms with Crippen LogP contribution in [-0.2, 0) is 9.53 Å². The van der Waals surface area contributed by atoms with Crippen LogP contribution < -0.4 is 0 Å². The van der Waals surface area contributed by atoms with Crippen LogP contribution in [0.3, 0.4) is 0 Å². The summed E-state index contributed by atoms with van der Waals surface area (Å²) < 4.78 is 5.71. The minimum absolute atomic E-state index is 0.0352. The van der Waals surface area contributed by atoms with Gasteiger partial charge in [0.1, 0.15) is 5.76 Å². The molecular weight excluding hydrogens is 272 g/mol. The van der Waals surface area contributed by atoms with Gasteiger partial charge in [0.25, 0.3) is 0 Å². The van der Waals surface area contributed by atoms with Crippen molar-refractivity contribution in [1.82, 2.24) is 0 Å². The van der Waals surface area contributed by atoms with E-state index in [0.717, 1.165) is 29.7 Å². The van der Waals surface area contributed by atoms with Gasteiger partial charge < -0.3 is 4.74 Å². The van der Waals surface area contributed by atoms with E-state index in [1.165, 1.54) is 18.1 Å². The van der Waals surface area contributed by atoms with Crippen LogP contribution in [0.4, 0.5) is 0 Å². The van der Waals surface area contributed by atoms with Crippen molar-refractivity contribution >= 4 is 5.97 Å². The largest absolute Gasteiger partial charge is 0.426 e. The van der Waals surface area contributed by atoms with E-state index >= 15 is 0 Å². The van der Waals surface area contributed by atoms with Gasteiger partial charge in [-0.3, -0.25) is 4.79 Å². The topological polar surface area (TPSA) is 26.3 Å². The van der Waals surface area contributed by atoms with Crippen molar-refractivity contribution in [2.75, 3.05) is 0 Å². The van der Waals surface area contributed by atoms with E-state index in [1.807, 2.05) is 6.92 Å². The van der Waals surface area contributed by atoms with Crippen molar-refractivity contribution in [2.45, 2.75) is 68.2 Å². The fraction of sp³-hybridized carbons (Fsp3) is 0.600. The SMILES string of the molecule is C=C(C)CC1=C(C(C)(C)C)C(OC(C)=O)=C(C(C)(C)C)C[CH]1. The monoisotopic (exact) mass is 303 g/mol. The maximum Gasteiger partial charge on any atom is 0.308 e. The number of rotatable bonds is 3. The first-order valence-electron chi connectivity index (χ1n) is 7.97. The minimum Gasteiger partial charge on any atom is -0.426 e. The predicted molar refractivity (Wildman–Crippen MR) is 93.1 cm³/mol. The molecule has 0 saturated heterocycles. The second kappa shape index (κ2) is 6.44. The maximum atomic E-state index is 11.7. The molecule has 1 rings (SSSR count). The van der Waals surface area contributed by atoms with Gasteiger partial charge in [0.05, 0.1) is 0 Å². The van der Waals surface area contributed by atoms with E-state index in [4.69, 9.17) is 4.74 Å². The van der Waals surface area contributed by atoms with Crippen LogP contribution in [0.1, 0.15) is 68.2 Å². The Morgan fingerprint density at radius 2 is 1.68 bits per heavy atom. The summed E-state index contributed by atoms with van der Waals surface area (Å²) in [5.41, 5.74) is 4.56. The fourth-order valence-corrected chi connectivity index (χ4v) is 2.93. The van der Waals surface area contributed by atoms with Crippen LogP contribution in [0.15, 0.2) is 34.6 Å². The van der Waals surface area contributed by atoms with Gasteiger partial charge in [-0.1, -0.05) is 59.3 Å².